The number of fused-ring (bicyclic) bond motifs is 1. The van der Waals surface area contributed by atoms with E-state index in [9.17, 15) is 14.7 Å². The van der Waals surface area contributed by atoms with Crippen molar-refractivity contribution >= 4 is 28.9 Å². The molecule has 0 unspecified atom stereocenters. The van der Waals surface area contributed by atoms with Crippen LogP contribution in [0.25, 0.3) is 11.1 Å². The minimum absolute atomic E-state index is 0.144. The highest BCUT2D eigenvalue weighted by molar-refractivity contribution is 7.15. The van der Waals surface area contributed by atoms with E-state index in [0.717, 1.165) is 10.4 Å². The van der Waals surface area contributed by atoms with Crippen LogP contribution < -0.4 is 14.8 Å². The van der Waals surface area contributed by atoms with Crippen LogP contribution in [0.1, 0.15) is 32.5 Å². The van der Waals surface area contributed by atoms with Crippen molar-refractivity contribution in [1.29, 1.82) is 0 Å². The van der Waals surface area contributed by atoms with Crippen molar-refractivity contribution in [3.63, 3.8) is 0 Å². The van der Waals surface area contributed by atoms with Gasteiger partial charge in [0.05, 0.1) is 19.9 Å². The molecule has 4 rings (SSSR count). The molecular formula is C22H19NO5S. The molecule has 7 heteroatoms. The van der Waals surface area contributed by atoms with Crippen LogP contribution in [0.3, 0.4) is 0 Å². The summed E-state index contributed by atoms with van der Waals surface area (Å²) in [7, 11) is 3.16. The van der Waals surface area contributed by atoms with Crippen molar-refractivity contribution in [2.75, 3.05) is 19.5 Å². The lowest BCUT2D eigenvalue weighted by atomic mass is 9.88. The zero-order valence-electron chi connectivity index (χ0n) is 15.9. The van der Waals surface area contributed by atoms with Crippen LogP contribution >= 0.6 is 11.3 Å². The van der Waals surface area contributed by atoms with E-state index in [1.165, 1.54) is 11.3 Å². The Morgan fingerprint density at radius 2 is 1.83 bits per heavy atom. The van der Waals surface area contributed by atoms with Crippen molar-refractivity contribution in [3.8, 4) is 22.6 Å². The molecule has 1 amide bonds. The lowest BCUT2D eigenvalue weighted by molar-refractivity contribution is -0.116. The molecule has 1 aliphatic heterocycles. The van der Waals surface area contributed by atoms with Crippen molar-refractivity contribution in [1.82, 2.24) is 0 Å². The Hall–Kier alpha value is -3.32. The Balaban J connectivity index is 1.89. The van der Waals surface area contributed by atoms with Gasteiger partial charge in [0.2, 0.25) is 5.91 Å². The molecule has 0 fully saturated rings. The third-order valence-electron chi connectivity index (χ3n) is 4.98. The molecular weight excluding hydrogens is 390 g/mol. The fraction of sp³-hybridized carbons (Fsp3) is 0.182. The Morgan fingerprint density at radius 1 is 1.10 bits per heavy atom. The molecule has 0 saturated heterocycles. The van der Waals surface area contributed by atoms with E-state index >= 15 is 0 Å². The van der Waals surface area contributed by atoms with E-state index < -0.39 is 5.97 Å². The number of hydrogen-bond donors (Lipinski definition) is 2. The van der Waals surface area contributed by atoms with Crippen molar-refractivity contribution in [2.45, 2.75) is 12.3 Å². The molecule has 2 aromatic carbocycles. The molecule has 0 saturated carbocycles. The third kappa shape index (κ3) is 3.45. The van der Waals surface area contributed by atoms with Crippen molar-refractivity contribution in [3.05, 3.63) is 63.8 Å². The van der Waals surface area contributed by atoms with Gasteiger partial charge in [0.25, 0.3) is 0 Å². The number of anilines is 1. The Kier molecular flexibility index (Phi) is 4.98. The van der Waals surface area contributed by atoms with Gasteiger partial charge in [-0.25, -0.2) is 4.79 Å². The van der Waals surface area contributed by atoms with Gasteiger partial charge >= 0.3 is 5.97 Å². The van der Waals surface area contributed by atoms with E-state index in [0.29, 0.717) is 28.3 Å². The summed E-state index contributed by atoms with van der Waals surface area (Å²) < 4.78 is 10.5. The number of carbonyl (C=O) groups is 2. The average Bonchev–Trinajstić information content (AvgIpc) is 3.12. The first kappa shape index (κ1) is 19.0. The van der Waals surface area contributed by atoms with Gasteiger partial charge in [-0.3, -0.25) is 4.79 Å². The predicted molar refractivity (Wildman–Crippen MR) is 111 cm³/mol. The maximum absolute atomic E-state index is 12.5. The smallest absolute Gasteiger partial charge is 0.346 e. The fourth-order valence-electron chi connectivity index (χ4n) is 3.60. The molecule has 148 valence electrons. The first-order chi connectivity index (χ1) is 14.0. The topological polar surface area (TPSA) is 84.9 Å². The minimum atomic E-state index is -1.02. The number of carboxylic acid groups (broad SMARTS) is 1. The number of ether oxygens (including phenoxy) is 2. The van der Waals surface area contributed by atoms with Gasteiger partial charge in [0.15, 0.2) is 0 Å². The molecule has 0 aliphatic carbocycles. The van der Waals surface area contributed by atoms with Gasteiger partial charge in [-0.15, -0.1) is 11.3 Å². The maximum Gasteiger partial charge on any atom is 0.346 e. The van der Waals surface area contributed by atoms with Gasteiger partial charge in [-0.2, -0.15) is 0 Å². The lowest BCUT2D eigenvalue weighted by Crippen LogP contribution is -2.22. The van der Waals surface area contributed by atoms with Gasteiger partial charge in [-0.1, -0.05) is 24.3 Å². The van der Waals surface area contributed by atoms with Crippen molar-refractivity contribution in [2.24, 2.45) is 0 Å². The number of amides is 1. The van der Waals surface area contributed by atoms with E-state index in [2.05, 4.69) is 5.32 Å². The molecule has 2 N–H and O–H groups in total. The molecule has 0 bridgehead atoms. The van der Waals surface area contributed by atoms with Gasteiger partial charge < -0.3 is 19.9 Å². The number of carbonyl (C=O) groups excluding carboxylic acids is 1. The van der Waals surface area contributed by atoms with E-state index in [1.54, 1.807) is 38.5 Å². The molecule has 3 aromatic rings. The third-order valence-corrected chi connectivity index (χ3v) is 6.27. The number of hydrogen-bond acceptors (Lipinski definition) is 5. The summed E-state index contributed by atoms with van der Waals surface area (Å²) in [5.74, 6) is -0.0268. The fourth-order valence-corrected chi connectivity index (χ4v) is 4.84. The summed E-state index contributed by atoms with van der Waals surface area (Å²) in [5, 5.41) is 12.7. The number of thiophene rings is 1. The van der Waals surface area contributed by atoms with Gasteiger partial charge in [0, 0.05) is 22.8 Å². The van der Waals surface area contributed by atoms with E-state index in [-0.39, 0.29) is 23.1 Å². The summed E-state index contributed by atoms with van der Waals surface area (Å²) in [6.45, 7) is 0. The summed E-state index contributed by atoms with van der Waals surface area (Å²) in [6, 6.07) is 14.7. The van der Waals surface area contributed by atoms with Crippen LogP contribution in [0.2, 0.25) is 0 Å². The second kappa shape index (κ2) is 7.60. The largest absolute Gasteiger partial charge is 0.497 e. The highest BCUT2D eigenvalue weighted by atomic mass is 32.1. The van der Waals surface area contributed by atoms with Gasteiger partial charge in [0.1, 0.15) is 16.4 Å². The highest BCUT2D eigenvalue weighted by Crippen LogP contribution is 2.49. The van der Waals surface area contributed by atoms with Gasteiger partial charge in [-0.05, 0) is 35.4 Å². The molecule has 2 heterocycles. The standard InChI is InChI=1S/C22H19NO5S/c1-27-14-8-6-12(7-9-14)18-19-20(29-21(18)22(25)26)16(11-17(24)23-19)13-4-3-5-15(10-13)28-2/h3-10,16H,11H2,1-2H3,(H,23,24)(H,25,26)/t16-/m1/s1. The van der Waals surface area contributed by atoms with Crippen LogP contribution in [-0.2, 0) is 4.79 Å². The quantitative estimate of drug-likeness (QED) is 0.643. The summed E-state index contributed by atoms with van der Waals surface area (Å²) >= 11 is 1.21. The summed E-state index contributed by atoms with van der Waals surface area (Å²) in [4.78, 5) is 25.6. The highest BCUT2D eigenvalue weighted by Gasteiger charge is 2.34. The average molecular weight is 409 g/mol. The summed E-state index contributed by atoms with van der Waals surface area (Å²) in [5.41, 5.74) is 2.73. The molecule has 0 radical (unpaired) electrons. The number of carboxylic acids is 1. The zero-order valence-corrected chi connectivity index (χ0v) is 16.7. The van der Waals surface area contributed by atoms with Crippen LogP contribution in [0.15, 0.2) is 48.5 Å². The first-order valence-corrected chi connectivity index (χ1v) is 9.81. The van der Waals surface area contributed by atoms with Crippen LogP contribution in [0, 0.1) is 0 Å². The number of methoxy groups -OCH3 is 2. The molecule has 0 spiro atoms. The summed E-state index contributed by atoms with van der Waals surface area (Å²) in [6.07, 6.45) is 0.252. The molecule has 1 aromatic heterocycles. The van der Waals surface area contributed by atoms with Crippen LogP contribution in [0.4, 0.5) is 5.69 Å². The Labute approximate surface area is 171 Å². The number of benzene rings is 2. The first-order valence-electron chi connectivity index (χ1n) is 9.00. The second-order valence-electron chi connectivity index (χ2n) is 6.66. The normalized spacial score (nSPS) is 15.4. The number of rotatable bonds is 5. The Morgan fingerprint density at radius 3 is 2.48 bits per heavy atom. The number of aromatic carboxylic acids is 1. The molecule has 1 atom stereocenters. The molecule has 29 heavy (non-hydrogen) atoms. The minimum Gasteiger partial charge on any atom is -0.497 e. The van der Waals surface area contributed by atoms with Crippen LogP contribution in [-0.4, -0.2) is 31.2 Å². The monoisotopic (exact) mass is 409 g/mol. The lowest BCUT2D eigenvalue weighted by Gasteiger charge is -2.24. The molecule has 6 nitrogen and oxygen atoms in total. The number of nitrogens with one attached hydrogen (secondary N) is 1. The van der Waals surface area contributed by atoms with E-state index in [1.807, 2.05) is 24.3 Å². The van der Waals surface area contributed by atoms with Crippen LogP contribution in [0.5, 0.6) is 11.5 Å². The SMILES string of the molecule is COc1ccc(-c2c(C(=O)O)sc3c2NC(=O)C[C@@H]3c2cccc(OC)c2)cc1. The van der Waals surface area contributed by atoms with E-state index in [4.69, 9.17) is 9.47 Å². The maximum atomic E-state index is 12.5. The second-order valence-corrected chi connectivity index (χ2v) is 7.71. The zero-order chi connectivity index (χ0) is 20.5. The van der Waals surface area contributed by atoms with Crippen molar-refractivity contribution < 1.29 is 24.2 Å². The molecule has 1 aliphatic rings. The Bertz CT molecular complexity index is 1090. The predicted octanol–water partition coefficient (Wildman–Crippen LogP) is 4.60.